The number of aromatic nitrogens is 1. The summed E-state index contributed by atoms with van der Waals surface area (Å²) >= 11 is 0. The molecule has 4 aromatic rings. The third-order valence-electron chi connectivity index (χ3n) is 5.98. The van der Waals surface area contributed by atoms with Crippen molar-refractivity contribution in [2.45, 2.75) is 6.42 Å². The molecule has 2 aromatic heterocycles. The Bertz CT molecular complexity index is 1320. The van der Waals surface area contributed by atoms with Gasteiger partial charge in [-0.05, 0) is 59.8 Å². The van der Waals surface area contributed by atoms with Crippen molar-refractivity contribution in [2.24, 2.45) is 5.73 Å². The molecule has 7 heteroatoms. The van der Waals surface area contributed by atoms with Crippen LogP contribution in [0.1, 0.15) is 16.1 Å². The molecular weight excluding hydrogens is 392 g/mol. The van der Waals surface area contributed by atoms with Crippen LogP contribution in [0.4, 0.5) is 5.69 Å². The highest BCUT2D eigenvalue weighted by Crippen LogP contribution is 2.26. The molecule has 3 heterocycles. The van der Waals surface area contributed by atoms with Crippen molar-refractivity contribution >= 4 is 33.5 Å². The van der Waals surface area contributed by atoms with Gasteiger partial charge in [0.25, 0.3) is 5.91 Å². The van der Waals surface area contributed by atoms with Crippen molar-refractivity contribution in [3.8, 4) is 0 Å². The number of benzene rings is 2. The van der Waals surface area contributed by atoms with E-state index < -0.39 is 5.91 Å². The fourth-order valence-electron chi connectivity index (χ4n) is 4.23. The first-order valence-electron chi connectivity index (χ1n) is 10.5. The number of aromatic amines is 1. The highest BCUT2D eigenvalue weighted by Gasteiger charge is 2.18. The number of H-pyrrole nitrogens is 1. The number of primary amides is 1. The van der Waals surface area contributed by atoms with Crippen LogP contribution in [0.2, 0.25) is 0 Å². The fourth-order valence-corrected chi connectivity index (χ4v) is 4.23. The zero-order chi connectivity index (χ0) is 21.4. The van der Waals surface area contributed by atoms with Crippen LogP contribution in [0, 0.1) is 0 Å². The molecule has 5 rings (SSSR count). The van der Waals surface area contributed by atoms with Gasteiger partial charge in [0.2, 0.25) is 5.56 Å². The number of nitrogens with zero attached hydrogens (tertiary/aromatic N) is 2. The average molecular weight is 416 g/mol. The third kappa shape index (κ3) is 4.04. The van der Waals surface area contributed by atoms with Crippen LogP contribution in [0.5, 0.6) is 0 Å². The number of furan rings is 1. The molecule has 2 aromatic carbocycles. The van der Waals surface area contributed by atoms with Crippen molar-refractivity contribution in [3.63, 3.8) is 0 Å². The van der Waals surface area contributed by atoms with Gasteiger partial charge in [-0.2, -0.15) is 0 Å². The topological polar surface area (TPSA) is 95.6 Å². The molecule has 0 aliphatic carbocycles. The SMILES string of the molecule is NC(=O)c1cc2cc(N3CCN(CCc4ccc5[nH]c(=O)ccc5c4)CC3)ccc2o1. The number of hydrogen-bond acceptors (Lipinski definition) is 5. The molecule has 3 N–H and O–H groups in total. The monoisotopic (exact) mass is 416 g/mol. The normalized spacial score (nSPS) is 15.0. The number of fused-ring (bicyclic) bond motifs is 2. The second kappa shape index (κ2) is 7.92. The first kappa shape index (κ1) is 19.4. The van der Waals surface area contributed by atoms with E-state index in [1.54, 1.807) is 12.1 Å². The first-order chi connectivity index (χ1) is 15.0. The number of carbonyl (C=O) groups excluding carboxylic acids is 1. The van der Waals surface area contributed by atoms with Gasteiger partial charge in [-0.1, -0.05) is 6.07 Å². The first-order valence-corrected chi connectivity index (χ1v) is 10.5. The maximum absolute atomic E-state index is 11.4. The Labute approximate surface area is 179 Å². The van der Waals surface area contributed by atoms with Crippen molar-refractivity contribution in [1.29, 1.82) is 0 Å². The highest BCUT2D eigenvalue weighted by atomic mass is 16.3. The van der Waals surface area contributed by atoms with E-state index in [1.165, 1.54) is 5.56 Å². The minimum absolute atomic E-state index is 0.0710. The van der Waals surface area contributed by atoms with Crippen molar-refractivity contribution < 1.29 is 9.21 Å². The summed E-state index contributed by atoms with van der Waals surface area (Å²) in [5, 5.41) is 1.96. The largest absolute Gasteiger partial charge is 0.451 e. The lowest BCUT2D eigenvalue weighted by Gasteiger charge is -2.36. The molecule has 0 saturated carbocycles. The lowest BCUT2D eigenvalue weighted by molar-refractivity contribution is 0.0976. The van der Waals surface area contributed by atoms with E-state index >= 15 is 0 Å². The van der Waals surface area contributed by atoms with E-state index in [9.17, 15) is 9.59 Å². The number of hydrogen-bond donors (Lipinski definition) is 2. The molecule has 1 saturated heterocycles. The highest BCUT2D eigenvalue weighted by molar-refractivity contribution is 5.95. The Kier molecular flexibility index (Phi) is 4.95. The van der Waals surface area contributed by atoms with Crippen molar-refractivity contribution in [1.82, 2.24) is 9.88 Å². The van der Waals surface area contributed by atoms with Gasteiger partial charge in [0.15, 0.2) is 5.76 Å². The third-order valence-corrected chi connectivity index (χ3v) is 5.98. The molecule has 0 unspecified atom stereocenters. The van der Waals surface area contributed by atoms with Crippen LogP contribution in [-0.2, 0) is 6.42 Å². The van der Waals surface area contributed by atoms with Crippen LogP contribution >= 0.6 is 0 Å². The molecule has 158 valence electrons. The number of rotatable bonds is 5. The zero-order valence-corrected chi connectivity index (χ0v) is 17.1. The van der Waals surface area contributed by atoms with E-state index in [1.807, 2.05) is 24.3 Å². The minimum atomic E-state index is -0.550. The summed E-state index contributed by atoms with van der Waals surface area (Å²) in [6.07, 6.45) is 0.978. The molecule has 1 aliphatic heterocycles. The summed E-state index contributed by atoms with van der Waals surface area (Å²) in [5.41, 5.74) is 9.21. The summed E-state index contributed by atoms with van der Waals surface area (Å²) in [6, 6.07) is 17.4. The predicted molar refractivity (Wildman–Crippen MR) is 122 cm³/mol. The fraction of sp³-hybridized carbons (Fsp3) is 0.250. The Morgan fingerprint density at radius 3 is 2.61 bits per heavy atom. The van der Waals surface area contributed by atoms with Crippen LogP contribution < -0.4 is 16.2 Å². The number of nitrogens with two attached hydrogens (primary N) is 1. The zero-order valence-electron chi connectivity index (χ0n) is 17.1. The summed E-state index contributed by atoms with van der Waals surface area (Å²) in [4.78, 5) is 30.5. The molecule has 7 nitrogen and oxygen atoms in total. The standard InChI is InChI=1S/C24H24N4O3/c25-24(30)22-15-18-14-19(3-5-21(18)31-22)28-11-9-27(10-12-28)8-7-16-1-4-20-17(13-16)2-6-23(29)26-20/h1-6,13-15H,7-12H2,(H2,25,30)(H,26,29). The second-order valence-corrected chi connectivity index (χ2v) is 8.02. The minimum Gasteiger partial charge on any atom is -0.451 e. The van der Waals surface area contributed by atoms with Crippen LogP contribution in [0.3, 0.4) is 0 Å². The van der Waals surface area contributed by atoms with Crippen LogP contribution in [0.15, 0.2) is 63.8 Å². The molecule has 1 aliphatic rings. The maximum atomic E-state index is 11.4. The van der Waals surface area contributed by atoms with Gasteiger partial charge >= 0.3 is 0 Å². The Morgan fingerprint density at radius 1 is 0.968 bits per heavy atom. The number of anilines is 1. The Morgan fingerprint density at radius 2 is 1.81 bits per heavy atom. The van der Waals surface area contributed by atoms with E-state index in [4.69, 9.17) is 10.2 Å². The molecular formula is C24H24N4O3. The summed E-state index contributed by atoms with van der Waals surface area (Å²) in [5.74, 6) is -0.358. The molecule has 0 spiro atoms. The summed E-state index contributed by atoms with van der Waals surface area (Å²) in [7, 11) is 0. The Balaban J connectivity index is 1.19. The molecule has 0 radical (unpaired) electrons. The summed E-state index contributed by atoms with van der Waals surface area (Å²) in [6.45, 7) is 4.90. The van der Waals surface area contributed by atoms with Gasteiger partial charge in [0.05, 0.1) is 0 Å². The van der Waals surface area contributed by atoms with Gasteiger partial charge in [-0.15, -0.1) is 0 Å². The van der Waals surface area contributed by atoms with E-state index in [0.717, 1.165) is 61.1 Å². The van der Waals surface area contributed by atoms with E-state index in [0.29, 0.717) is 5.58 Å². The van der Waals surface area contributed by atoms with E-state index in [-0.39, 0.29) is 11.3 Å². The number of nitrogens with one attached hydrogen (secondary N) is 1. The molecule has 1 amide bonds. The summed E-state index contributed by atoms with van der Waals surface area (Å²) < 4.78 is 5.48. The number of piperazine rings is 1. The van der Waals surface area contributed by atoms with Gasteiger partial charge in [0, 0.05) is 55.4 Å². The molecule has 0 bridgehead atoms. The van der Waals surface area contributed by atoms with E-state index in [2.05, 4.69) is 33.0 Å². The predicted octanol–water partition coefficient (Wildman–Crippen LogP) is 2.74. The lowest BCUT2D eigenvalue weighted by Crippen LogP contribution is -2.47. The van der Waals surface area contributed by atoms with Crippen LogP contribution in [0.25, 0.3) is 21.9 Å². The van der Waals surface area contributed by atoms with Gasteiger partial charge in [-0.3, -0.25) is 14.5 Å². The average Bonchev–Trinajstić information content (AvgIpc) is 3.22. The quantitative estimate of drug-likeness (QED) is 0.522. The number of pyridine rings is 1. The maximum Gasteiger partial charge on any atom is 0.284 e. The lowest BCUT2D eigenvalue weighted by atomic mass is 10.1. The number of carbonyl (C=O) groups is 1. The van der Waals surface area contributed by atoms with Crippen molar-refractivity contribution in [2.75, 3.05) is 37.6 Å². The number of amides is 1. The molecule has 1 fully saturated rings. The van der Waals surface area contributed by atoms with Gasteiger partial charge in [-0.25, -0.2) is 0 Å². The van der Waals surface area contributed by atoms with Crippen LogP contribution in [-0.4, -0.2) is 48.5 Å². The van der Waals surface area contributed by atoms with Gasteiger partial charge in [0.1, 0.15) is 5.58 Å². The second-order valence-electron chi connectivity index (χ2n) is 8.02. The molecule has 0 atom stereocenters. The molecule has 31 heavy (non-hydrogen) atoms. The van der Waals surface area contributed by atoms with Gasteiger partial charge < -0.3 is 20.0 Å². The Hall–Kier alpha value is -3.58. The smallest absolute Gasteiger partial charge is 0.284 e. The van der Waals surface area contributed by atoms with Crippen molar-refractivity contribution in [3.05, 3.63) is 76.3 Å².